The first-order valence-electron chi connectivity index (χ1n) is 11.2. The van der Waals surface area contributed by atoms with E-state index in [-0.39, 0.29) is 18.4 Å². The number of nitrogens with zero attached hydrogens (tertiary/aromatic N) is 4. The number of hydrogen-bond acceptors (Lipinski definition) is 7. The zero-order valence-corrected chi connectivity index (χ0v) is 19.2. The van der Waals surface area contributed by atoms with Gasteiger partial charge in [0.05, 0.1) is 11.4 Å². The van der Waals surface area contributed by atoms with Crippen LogP contribution in [-0.2, 0) is 26.2 Å². The molecule has 0 bridgehead atoms. The first-order chi connectivity index (χ1) is 15.8. The van der Waals surface area contributed by atoms with Crippen LogP contribution in [-0.4, -0.2) is 38.4 Å². The number of carbonyl (C=O) groups excluding carboxylic acids is 2. The molecule has 0 aliphatic heterocycles. The molecule has 9 heteroatoms. The van der Waals surface area contributed by atoms with E-state index >= 15 is 0 Å². The van der Waals surface area contributed by atoms with Gasteiger partial charge in [-0.2, -0.15) is 10.1 Å². The molecule has 0 spiro atoms. The number of amides is 1. The second-order valence-electron chi connectivity index (χ2n) is 9.30. The Morgan fingerprint density at radius 1 is 1.21 bits per heavy atom. The number of rotatable bonds is 9. The van der Waals surface area contributed by atoms with Gasteiger partial charge >= 0.3 is 5.97 Å². The summed E-state index contributed by atoms with van der Waals surface area (Å²) >= 11 is 0. The average molecular weight is 452 g/mol. The Kier molecular flexibility index (Phi) is 6.57. The number of nitrogens with one attached hydrogen (secondary N) is 1. The Morgan fingerprint density at radius 3 is 2.64 bits per heavy atom. The van der Waals surface area contributed by atoms with E-state index < -0.39 is 11.9 Å². The molecule has 0 saturated heterocycles. The molecule has 3 aromatic rings. The molecule has 0 radical (unpaired) electrons. The maximum absolute atomic E-state index is 12.4. The van der Waals surface area contributed by atoms with Crippen molar-refractivity contribution in [2.24, 2.45) is 0 Å². The van der Waals surface area contributed by atoms with Crippen molar-refractivity contribution in [2.45, 2.75) is 64.2 Å². The van der Waals surface area contributed by atoms with Crippen molar-refractivity contribution in [3.05, 3.63) is 53.8 Å². The maximum Gasteiger partial charge on any atom is 0.306 e. The fourth-order valence-electron chi connectivity index (χ4n) is 3.28. The van der Waals surface area contributed by atoms with Crippen LogP contribution in [0, 0.1) is 0 Å². The predicted molar refractivity (Wildman–Crippen MR) is 121 cm³/mol. The number of esters is 1. The summed E-state index contributed by atoms with van der Waals surface area (Å²) in [6, 6.07) is 11.5. The highest BCUT2D eigenvalue weighted by atomic mass is 16.5. The lowest BCUT2D eigenvalue weighted by molar-refractivity contribution is -0.147. The van der Waals surface area contributed by atoms with Gasteiger partial charge in [-0.15, -0.1) is 0 Å². The van der Waals surface area contributed by atoms with Gasteiger partial charge in [0.1, 0.15) is 5.82 Å². The lowest BCUT2D eigenvalue weighted by Crippen LogP contribution is -2.22. The van der Waals surface area contributed by atoms with Crippen molar-refractivity contribution < 1.29 is 18.8 Å². The Balaban J connectivity index is 1.25. The van der Waals surface area contributed by atoms with Gasteiger partial charge in [-0.1, -0.05) is 44.1 Å². The van der Waals surface area contributed by atoms with E-state index in [0.717, 1.165) is 24.2 Å². The lowest BCUT2D eigenvalue weighted by atomic mass is 9.96. The number of aryl methyl sites for hydroxylation is 1. The fourth-order valence-corrected chi connectivity index (χ4v) is 3.28. The third-order valence-electron chi connectivity index (χ3n) is 5.27. The van der Waals surface area contributed by atoms with Crippen LogP contribution in [0.25, 0.3) is 5.69 Å². The minimum atomic E-state index is -0.448. The molecule has 1 aliphatic carbocycles. The number of hydrogen-bond donors (Lipinski definition) is 1. The zero-order chi connectivity index (χ0) is 23.4. The number of aromatic nitrogens is 4. The molecule has 33 heavy (non-hydrogen) atoms. The van der Waals surface area contributed by atoms with Gasteiger partial charge in [-0.05, 0) is 31.4 Å². The Bertz CT molecular complexity index is 1110. The summed E-state index contributed by atoms with van der Waals surface area (Å²) < 4.78 is 12.1. The highest BCUT2D eigenvalue weighted by Crippen LogP contribution is 2.40. The molecule has 9 nitrogen and oxygen atoms in total. The van der Waals surface area contributed by atoms with Gasteiger partial charge in [0, 0.05) is 30.2 Å². The van der Waals surface area contributed by atoms with Gasteiger partial charge in [-0.3, -0.25) is 9.59 Å². The normalized spacial score (nSPS) is 13.7. The number of benzene rings is 1. The van der Waals surface area contributed by atoms with Crippen LogP contribution in [0.2, 0.25) is 0 Å². The Hall–Kier alpha value is -3.49. The summed E-state index contributed by atoms with van der Waals surface area (Å²) in [5.74, 6) is 1.28. The number of anilines is 1. The molecule has 1 aliphatic rings. The summed E-state index contributed by atoms with van der Waals surface area (Å²) in [6.45, 7) is 5.66. The molecule has 0 atom stereocenters. The highest BCUT2D eigenvalue weighted by molar-refractivity contribution is 5.92. The molecule has 1 amide bonds. The monoisotopic (exact) mass is 451 g/mol. The molecule has 174 valence electrons. The molecule has 1 saturated carbocycles. The standard InChI is InChI=1S/C24H29N5O4/c1-24(2,3)23-26-21(33-28-23)10-7-11-22(31)32-15-20(30)25-19-14-18(16-12-13-16)27-29(19)17-8-5-4-6-9-17/h4-6,8-9,14,16H,7,10-13,15H2,1-3H3,(H,25,30). The minimum absolute atomic E-state index is 0.161. The van der Waals surface area contributed by atoms with Gasteiger partial charge in [0.25, 0.3) is 5.91 Å². The molecule has 1 fully saturated rings. The fraction of sp³-hybridized carbons (Fsp3) is 0.458. The van der Waals surface area contributed by atoms with Crippen LogP contribution >= 0.6 is 0 Å². The van der Waals surface area contributed by atoms with E-state index in [1.807, 2.05) is 57.2 Å². The minimum Gasteiger partial charge on any atom is -0.456 e. The van der Waals surface area contributed by atoms with E-state index in [1.165, 1.54) is 0 Å². The van der Waals surface area contributed by atoms with Gasteiger partial charge in [-0.25, -0.2) is 4.68 Å². The van der Waals surface area contributed by atoms with Crippen LogP contribution < -0.4 is 5.32 Å². The quantitative estimate of drug-likeness (QED) is 0.491. The summed E-state index contributed by atoms with van der Waals surface area (Å²) in [5.41, 5.74) is 1.62. The van der Waals surface area contributed by atoms with E-state index in [4.69, 9.17) is 9.26 Å². The third kappa shape index (κ3) is 6.06. The molecule has 2 aromatic heterocycles. The van der Waals surface area contributed by atoms with Crippen LogP contribution in [0.3, 0.4) is 0 Å². The maximum atomic E-state index is 12.4. The molecular formula is C24H29N5O4. The second kappa shape index (κ2) is 9.56. The average Bonchev–Trinajstić information content (AvgIpc) is 3.36. The van der Waals surface area contributed by atoms with Crippen molar-refractivity contribution in [1.82, 2.24) is 19.9 Å². The summed E-state index contributed by atoms with van der Waals surface area (Å²) in [7, 11) is 0. The summed E-state index contributed by atoms with van der Waals surface area (Å²) in [6.07, 6.45) is 3.35. The van der Waals surface area contributed by atoms with E-state index in [1.54, 1.807) is 4.68 Å². The Morgan fingerprint density at radius 2 is 1.97 bits per heavy atom. The van der Waals surface area contributed by atoms with Crippen molar-refractivity contribution in [3.8, 4) is 5.69 Å². The largest absolute Gasteiger partial charge is 0.456 e. The lowest BCUT2D eigenvalue weighted by Gasteiger charge is -2.10. The smallest absolute Gasteiger partial charge is 0.306 e. The van der Waals surface area contributed by atoms with Crippen LogP contribution in [0.4, 0.5) is 5.82 Å². The number of para-hydroxylation sites is 1. The first kappa shape index (κ1) is 22.7. The number of carbonyl (C=O) groups is 2. The molecule has 0 unspecified atom stereocenters. The molecular weight excluding hydrogens is 422 g/mol. The topological polar surface area (TPSA) is 112 Å². The highest BCUT2D eigenvalue weighted by Gasteiger charge is 2.28. The van der Waals surface area contributed by atoms with Gasteiger partial charge < -0.3 is 14.6 Å². The van der Waals surface area contributed by atoms with Gasteiger partial charge in [0.2, 0.25) is 5.89 Å². The molecule has 1 N–H and O–H groups in total. The van der Waals surface area contributed by atoms with E-state index in [2.05, 4.69) is 20.6 Å². The predicted octanol–water partition coefficient (Wildman–Crippen LogP) is 3.93. The van der Waals surface area contributed by atoms with Crippen molar-refractivity contribution in [1.29, 1.82) is 0 Å². The first-order valence-corrected chi connectivity index (χ1v) is 11.2. The SMILES string of the molecule is CC(C)(C)c1noc(CCCC(=O)OCC(=O)Nc2cc(C3CC3)nn2-c2ccccc2)n1. The molecule has 4 rings (SSSR count). The summed E-state index contributed by atoms with van der Waals surface area (Å²) in [4.78, 5) is 28.8. The third-order valence-corrected chi connectivity index (χ3v) is 5.27. The Labute approximate surface area is 192 Å². The van der Waals surface area contributed by atoms with E-state index in [0.29, 0.717) is 36.3 Å². The van der Waals surface area contributed by atoms with Crippen molar-refractivity contribution >= 4 is 17.7 Å². The zero-order valence-electron chi connectivity index (χ0n) is 19.2. The second-order valence-corrected chi connectivity index (χ2v) is 9.30. The molecule has 2 heterocycles. The van der Waals surface area contributed by atoms with Crippen LogP contribution in [0.5, 0.6) is 0 Å². The van der Waals surface area contributed by atoms with Crippen molar-refractivity contribution in [3.63, 3.8) is 0 Å². The van der Waals surface area contributed by atoms with E-state index in [9.17, 15) is 9.59 Å². The summed E-state index contributed by atoms with van der Waals surface area (Å²) in [5, 5.41) is 11.4. The van der Waals surface area contributed by atoms with Crippen molar-refractivity contribution in [2.75, 3.05) is 11.9 Å². The molecule has 1 aromatic carbocycles. The van der Waals surface area contributed by atoms with Gasteiger partial charge in [0.15, 0.2) is 12.4 Å². The number of ether oxygens (including phenoxy) is 1. The van der Waals surface area contributed by atoms with Crippen LogP contribution in [0.15, 0.2) is 40.9 Å². The van der Waals surface area contributed by atoms with Crippen LogP contribution in [0.1, 0.15) is 69.8 Å².